The molecule has 1 aromatic rings. The molecule has 0 spiro atoms. The van der Waals surface area contributed by atoms with Crippen LogP contribution in [0.15, 0.2) is 30.5 Å². The standard InChI is InChI=1S/C10H9NO5/c12-10(13)7-16-9-3-1-8(2-4-9)5-6-11(14)15/h1-6H,7H2,(H,12,13)/b6-5+. The van der Waals surface area contributed by atoms with Crippen LogP contribution in [0.1, 0.15) is 5.56 Å². The van der Waals surface area contributed by atoms with Crippen molar-refractivity contribution < 1.29 is 19.6 Å². The van der Waals surface area contributed by atoms with Gasteiger partial charge in [-0.25, -0.2) is 4.79 Å². The van der Waals surface area contributed by atoms with Crippen LogP contribution in [-0.2, 0) is 4.79 Å². The summed E-state index contributed by atoms with van der Waals surface area (Å²) in [5, 5.41) is 18.4. The first kappa shape index (κ1) is 11.7. The summed E-state index contributed by atoms with van der Waals surface area (Å²) in [5.74, 6) is -0.655. The van der Waals surface area contributed by atoms with Gasteiger partial charge in [-0.15, -0.1) is 0 Å². The summed E-state index contributed by atoms with van der Waals surface area (Å²) >= 11 is 0. The number of ether oxygens (including phenoxy) is 1. The van der Waals surface area contributed by atoms with Gasteiger partial charge in [0.05, 0.1) is 4.92 Å². The van der Waals surface area contributed by atoms with Crippen LogP contribution in [0.3, 0.4) is 0 Å². The Bertz CT molecular complexity index is 410. The molecule has 84 valence electrons. The number of nitrogens with zero attached hydrogens (tertiary/aromatic N) is 1. The second-order valence-electron chi connectivity index (χ2n) is 2.85. The van der Waals surface area contributed by atoms with Crippen LogP contribution in [0.5, 0.6) is 5.75 Å². The average molecular weight is 223 g/mol. The maximum atomic E-state index is 10.2. The molecule has 0 aliphatic carbocycles. The number of aliphatic carboxylic acids is 1. The van der Waals surface area contributed by atoms with E-state index in [0.29, 0.717) is 11.3 Å². The fourth-order valence-electron chi connectivity index (χ4n) is 0.967. The lowest BCUT2D eigenvalue weighted by Gasteiger charge is -2.02. The Morgan fingerprint density at radius 2 is 2.06 bits per heavy atom. The third-order valence-electron chi connectivity index (χ3n) is 1.63. The van der Waals surface area contributed by atoms with Crippen LogP contribution >= 0.6 is 0 Å². The highest BCUT2D eigenvalue weighted by molar-refractivity contribution is 5.68. The minimum Gasteiger partial charge on any atom is -0.482 e. The van der Waals surface area contributed by atoms with Gasteiger partial charge >= 0.3 is 5.97 Å². The Kier molecular flexibility index (Phi) is 4.02. The predicted molar refractivity (Wildman–Crippen MR) is 55.6 cm³/mol. The number of carboxylic acid groups (broad SMARTS) is 1. The van der Waals surface area contributed by atoms with Gasteiger partial charge in [-0.3, -0.25) is 10.1 Å². The summed E-state index contributed by atoms with van der Waals surface area (Å²) in [6, 6.07) is 6.28. The maximum absolute atomic E-state index is 10.2. The van der Waals surface area contributed by atoms with E-state index in [0.717, 1.165) is 6.20 Å². The third kappa shape index (κ3) is 4.23. The minimum atomic E-state index is -1.06. The number of hydrogen-bond donors (Lipinski definition) is 1. The summed E-state index contributed by atoms with van der Waals surface area (Å²) in [6.45, 7) is -0.413. The topological polar surface area (TPSA) is 89.7 Å². The largest absolute Gasteiger partial charge is 0.482 e. The van der Waals surface area contributed by atoms with Gasteiger partial charge in [0.1, 0.15) is 5.75 Å². The van der Waals surface area contributed by atoms with E-state index in [4.69, 9.17) is 9.84 Å². The van der Waals surface area contributed by atoms with Crippen LogP contribution in [0, 0.1) is 10.1 Å². The number of nitro groups is 1. The fourth-order valence-corrected chi connectivity index (χ4v) is 0.967. The van der Waals surface area contributed by atoms with E-state index in [-0.39, 0.29) is 0 Å². The highest BCUT2D eigenvalue weighted by atomic mass is 16.6. The van der Waals surface area contributed by atoms with Gasteiger partial charge in [-0.1, -0.05) is 12.1 Å². The molecule has 0 saturated carbocycles. The van der Waals surface area contributed by atoms with E-state index in [2.05, 4.69) is 0 Å². The molecule has 0 atom stereocenters. The summed E-state index contributed by atoms with van der Waals surface area (Å²) in [5.41, 5.74) is 0.638. The van der Waals surface area contributed by atoms with Gasteiger partial charge in [0, 0.05) is 6.08 Å². The second-order valence-corrected chi connectivity index (χ2v) is 2.85. The highest BCUT2D eigenvalue weighted by Crippen LogP contribution is 2.12. The molecule has 16 heavy (non-hydrogen) atoms. The Hall–Kier alpha value is -2.37. The molecule has 0 bridgehead atoms. The molecule has 1 aromatic carbocycles. The molecule has 0 radical (unpaired) electrons. The molecule has 0 aromatic heterocycles. The van der Waals surface area contributed by atoms with Crippen molar-refractivity contribution in [1.29, 1.82) is 0 Å². The summed E-state index contributed by atoms with van der Waals surface area (Å²) in [4.78, 5) is 19.7. The Morgan fingerprint density at radius 3 is 2.56 bits per heavy atom. The van der Waals surface area contributed by atoms with Gasteiger partial charge in [-0.2, -0.15) is 0 Å². The fraction of sp³-hybridized carbons (Fsp3) is 0.100. The minimum absolute atomic E-state index is 0.403. The second kappa shape index (κ2) is 5.50. The average Bonchev–Trinajstić information content (AvgIpc) is 2.25. The molecule has 1 N–H and O–H groups in total. The number of hydrogen-bond acceptors (Lipinski definition) is 4. The van der Waals surface area contributed by atoms with Crippen molar-refractivity contribution in [2.24, 2.45) is 0 Å². The lowest BCUT2D eigenvalue weighted by atomic mass is 10.2. The van der Waals surface area contributed by atoms with Gasteiger partial charge in [0.2, 0.25) is 6.20 Å². The molecule has 0 saturated heterocycles. The predicted octanol–water partition coefficient (Wildman–Crippen LogP) is 1.40. The van der Waals surface area contributed by atoms with Crippen molar-refractivity contribution in [3.05, 3.63) is 46.1 Å². The van der Waals surface area contributed by atoms with Crippen molar-refractivity contribution in [2.45, 2.75) is 0 Å². The normalized spacial score (nSPS) is 10.2. The molecule has 6 heteroatoms. The maximum Gasteiger partial charge on any atom is 0.341 e. The number of rotatable bonds is 5. The molecular formula is C10H9NO5. The SMILES string of the molecule is O=C(O)COc1ccc(/C=C/[N+](=O)[O-])cc1. The van der Waals surface area contributed by atoms with Crippen molar-refractivity contribution in [3.8, 4) is 5.75 Å². The van der Waals surface area contributed by atoms with E-state index in [1.54, 1.807) is 24.3 Å². The zero-order valence-electron chi connectivity index (χ0n) is 8.20. The lowest BCUT2D eigenvalue weighted by Crippen LogP contribution is -2.09. The zero-order chi connectivity index (χ0) is 12.0. The molecule has 0 amide bonds. The zero-order valence-corrected chi connectivity index (χ0v) is 8.20. The first-order chi connectivity index (χ1) is 7.58. The quantitative estimate of drug-likeness (QED) is 0.601. The summed E-state index contributed by atoms with van der Waals surface area (Å²) in [7, 11) is 0. The third-order valence-corrected chi connectivity index (χ3v) is 1.63. The lowest BCUT2D eigenvalue weighted by molar-refractivity contribution is -0.400. The van der Waals surface area contributed by atoms with E-state index in [1.165, 1.54) is 6.08 Å². The molecule has 0 heterocycles. The van der Waals surface area contributed by atoms with Crippen molar-refractivity contribution >= 4 is 12.0 Å². The Labute approximate surface area is 90.9 Å². The van der Waals surface area contributed by atoms with Crippen molar-refractivity contribution in [1.82, 2.24) is 0 Å². The van der Waals surface area contributed by atoms with E-state index < -0.39 is 17.5 Å². The van der Waals surface area contributed by atoms with E-state index in [1.807, 2.05) is 0 Å². The monoisotopic (exact) mass is 223 g/mol. The van der Waals surface area contributed by atoms with Gasteiger partial charge in [0.25, 0.3) is 0 Å². The highest BCUT2D eigenvalue weighted by Gasteiger charge is 1.98. The molecule has 6 nitrogen and oxygen atoms in total. The Balaban J connectivity index is 2.60. The molecule has 0 aliphatic heterocycles. The number of benzene rings is 1. The van der Waals surface area contributed by atoms with Crippen molar-refractivity contribution in [2.75, 3.05) is 6.61 Å². The van der Waals surface area contributed by atoms with Crippen molar-refractivity contribution in [3.63, 3.8) is 0 Å². The molecule has 0 fully saturated rings. The Morgan fingerprint density at radius 1 is 1.44 bits per heavy atom. The molecule has 0 aliphatic rings. The first-order valence-corrected chi connectivity index (χ1v) is 4.34. The molecular weight excluding hydrogens is 214 g/mol. The summed E-state index contributed by atoms with van der Waals surface area (Å²) in [6.07, 6.45) is 2.16. The van der Waals surface area contributed by atoms with Gasteiger partial charge in [-0.05, 0) is 17.7 Å². The first-order valence-electron chi connectivity index (χ1n) is 4.34. The van der Waals surface area contributed by atoms with Crippen LogP contribution in [0.4, 0.5) is 0 Å². The number of carbonyl (C=O) groups is 1. The van der Waals surface area contributed by atoms with Crippen LogP contribution in [0.2, 0.25) is 0 Å². The molecule has 1 rings (SSSR count). The van der Waals surface area contributed by atoms with Gasteiger partial charge in [0.15, 0.2) is 6.61 Å². The smallest absolute Gasteiger partial charge is 0.341 e. The van der Waals surface area contributed by atoms with E-state index in [9.17, 15) is 14.9 Å². The van der Waals surface area contributed by atoms with Gasteiger partial charge < -0.3 is 9.84 Å². The van der Waals surface area contributed by atoms with Crippen LogP contribution in [0.25, 0.3) is 6.08 Å². The number of carboxylic acids is 1. The molecule has 0 unspecified atom stereocenters. The summed E-state index contributed by atoms with van der Waals surface area (Å²) < 4.78 is 4.89. The van der Waals surface area contributed by atoms with Crippen LogP contribution in [-0.4, -0.2) is 22.6 Å². The van der Waals surface area contributed by atoms with Crippen LogP contribution < -0.4 is 4.74 Å². The van der Waals surface area contributed by atoms with E-state index >= 15 is 0 Å².